The molecule has 0 amide bonds. The number of rotatable bonds is 2. The van der Waals surface area contributed by atoms with Crippen LogP contribution in [0.1, 0.15) is 39.0 Å². The van der Waals surface area contributed by atoms with Gasteiger partial charge in [0.05, 0.1) is 6.10 Å². The number of aliphatic hydroxyl groups excluding tert-OH is 1. The monoisotopic (exact) mass is 169 g/mol. The van der Waals surface area contributed by atoms with Gasteiger partial charge in [-0.2, -0.15) is 0 Å². The normalized spacial score (nSPS) is 42.0. The van der Waals surface area contributed by atoms with Crippen LogP contribution >= 0.6 is 0 Å². The fourth-order valence-electron chi connectivity index (χ4n) is 2.87. The quantitative estimate of drug-likeness (QED) is 0.675. The first-order valence-electron chi connectivity index (χ1n) is 5.25. The molecule has 0 aromatic rings. The lowest BCUT2D eigenvalue weighted by atomic mass is 10.00. The van der Waals surface area contributed by atoms with Gasteiger partial charge in [-0.25, -0.2) is 0 Å². The average molecular weight is 169 g/mol. The molecule has 0 aromatic heterocycles. The molecule has 12 heavy (non-hydrogen) atoms. The van der Waals surface area contributed by atoms with Crippen LogP contribution in [0, 0.1) is 0 Å². The van der Waals surface area contributed by atoms with Crippen molar-refractivity contribution < 1.29 is 5.11 Å². The minimum Gasteiger partial charge on any atom is -0.393 e. The number of hydrogen-bond acceptors (Lipinski definition) is 2. The fourth-order valence-corrected chi connectivity index (χ4v) is 2.87. The van der Waals surface area contributed by atoms with E-state index in [1.54, 1.807) is 0 Å². The third-order valence-electron chi connectivity index (χ3n) is 3.34. The summed E-state index contributed by atoms with van der Waals surface area (Å²) in [5.74, 6) is 0. The highest BCUT2D eigenvalue weighted by atomic mass is 16.3. The van der Waals surface area contributed by atoms with E-state index in [-0.39, 0.29) is 6.10 Å². The molecule has 2 rings (SSSR count). The molecule has 0 aliphatic carbocycles. The Hall–Kier alpha value is -0.0800. The van der Waals surface area contributed by atoms with Crippen molar-refractivity contribution in [3.63, 3.8) is 0 Å². The lowest BCUT2D eigenvalue weighted by Crippen LogP contribution is -2.44. The molecule has 2 saturated heterocycles. The zero-order valence-electron chi connectivity index (χ0n) is 7.87. The first kappa shape index (κ1) is 8.52. The Morgan fingerprint density at radius 3 is 2.33 bits per heavy atom. The molecule has 0 saturated carbocycles. The summed E-state index contributed by atoms with van der Waals surface area (Å²) in [6.45, 7) is 3.48. The van der Waals surface area contributed by atoms with Crippen LogP contribution in [-0.4, -0.2) is 34.7 Å². The lowest BCUT2D eigenvalue weighted by Gasteiger charge is -2.36. The highest BCUT2D eigenvalue weighted by molar-refractivity contribution is 4.94. The van der Waals surface area contributed by atoms with Crippen molar-refractivity contribution >= 4 is 0 Å². The summed E-state index contributed by atoms with van der Waals surface area (Å²) < 4.78 is 0. The van der Waals surface area contributed by atoms with E-state index in [0.29, 0.717) is 12.1 Å². The van der Waals surface area contributed by atoms with Crippen molar-refractivity contribution in [2.75, 3.05) is 6.54 Å². The Balaban J connectivity index is 1.99. The molecule has 2 nitrogen and oxygen atoms in total. The average Bonchev–Trinajstić information content (AvgIpc) is 2.32. The van der Waals surface area contributed by atoms with Gasteiger partial charge in [0.25, 0.3) is 0 Å². The Morgan fingerprint density at radius 2 is 1.83 bits per heavy atom. The smallest absolute Gasteiger partial charge is 0.0570 e. The topological polar surface area (TPSA) is 23.5 Å². The molecule has 0 radical (unpaired) electrons. The largest absolute Gasteiger partial charge is 0.393 e. The van der Waals surface area contributed by atoms with E-state index < -0.39 is 0 Å². The second kappa shape index (κ2) is 3.35. The molecule has 2 heterocycles. The van der Waals surface area contributed by atoms with E-state index >= 15 is 0 Å². The molecule has 2 bridgehead atoms. The standard InChI is InChI=1S/C10H19NO/c1-2-5-11-8-3-4-9(11)7-10(12)6-8/h8-10,12H,2-7H2,1H3/t8-,9+,10?. The van der Waals surface area contributed by atoms with Crippen LogP contribution < -0.4 is 0 Å². The fraction of sp³-hybridized carbons (Fsp3) is 1.00. The van der Waals surface area contributed by atoms with Crippen molar-refractivity contribution in [2.24, 2.45) is 0 Å². The van der Waals surface area contributed by atoms with Gasteiger partial charge >= 0.3 is 0 Å². The minimum atomic E-state index is -0.00407. The second-order valence-electron chi connectivity index (χ2n) is 4.25. The zero-order valence-corrected chi connectivity index (χ0v) is 7.87. The molecule has 3 atom stereocenters. The van der Waals surface area contributed by atoms with Crippen molar-refractivity contribution in [3.8, 4) is 0 Å². The predicted molar refractivity (Wildman–Crippen MR) is 49.0 cm³/mol. The van der Waals surface area contributed by atoms with Crippen LogP contribution in [0.2, 0.25) is 0 Å². The number of aliphatic hydroxyl groups is 1. The first-order valence-corrected chi connectivity index (χ1v) is 5.25. The maximum Gasteiger partial charge on any atom is 0.0570 e. The highest BCUT2D eigenvalue weighted by Crippen LogP contribution is 2.35. The summed E-state index contributed by atoms with van der Waals surface area (Å²) in [6.07, 6.45) is 5.94. The van der Waals surface area contributed by atoms with Gasteiger partial charge in [0, 0.05) is 12.1 Å². The van der Waals surface area contributed by atoms with Gasteiger partial charge in [-0.3, -0.25) is 4.90 Å². The molecule has 0 spiro atoms. The molecule has 2 aliphatic heterocycles. The molecule has 2 heteroatoms. The summed E-state index contributed by atoms with van der Waals surface area (Å²) in [6, 6.07) is 1.41. The Labute approximate surface area is 74.6 Å². The number of fused-ring (bicyclic) bond motifs is 2. The van der Waals surface area contributed by atoms with Crippen molar-refractivity contribution in [3.05, 3.63) is 0 Å². The number of nitrogens with zero attached hydrogens (tertiary/aromatic N) is 1. The SMILES string of the molecule is CCCN1[C@@H]2CC[C@H]1CC(O)C2. The number of hydrogen-bond donors (Lipinski definition) is 1. The summed E-state index contributed by atoms with van der Waals surface area (Å²) in [7, 11) is 0. The van der Waals surface area contributed by atoms with Crippen LogP contribution in [0.3, 0.4) is 0 Å². The van der Waals surface area contributed by atoms with Gasteiger partial charge in [0.2, 0.25) is 0 Å². The van der Waals surface area contributed by atoms with Crippen LogP contribution in [0.15, 0.2) is 0 Å². The zero-order chi connectivity index (χ0) is 8.55. The maximum absolute atomic E-state index is 9.55. The molecular formula is C10H19NO. The van der Waals surface area contributed by atoms with Crippen LogP contribution in [0.4, 0.5) is 0 Å². The molecule has 2 aliphatic rings. The molecular weight excluding hydrogens is 150 g/mol. The van der Waals surface area contributed by atoms with Crippen LogP contribution in [0.5, 0.6) is 0 Å². The molecule has 0 aromatic carbocycles. The van der Waals surface area contributed by atoms with Crippen molar-refractivity contribution in [2.45, 2.75) is 57.2 Å². The van der Waals surface area contributed by atoms with E-state index in [2.05, 4.69) is 11.8 Å². The summed E-state index contributed by atoms with van der Waals surface area (Å²) in [5.41, 5.74) is 0. The van der Waals surface area contributed by atoms with Gasteiger partial charge < -0.3 is 5.11 Å². The van der Waals surface area contributed by atoms with Gasteiger partial charge in [-0.1, -0.05) is 6.92 Å². The summed E-state index contributed by atoms with van der Waals surface area (Å²) in [4.78, 5) is 2.62. The molecule has 2 fully saturated rings. The van der Waals surface area contributed by atoms with Gasteiger partial charge in [-0.05, 0) is 38.6 Å². The van der Waals surface area contributed by atoms with E-state index in [0.717, 1.165) is 12.8 Å². The number of piperidine rings is 1. The van der Waals surface area contributed by atoms with Gasteiger partial charge in [0.15, 0.2) is 0 Å². The Kier molecular flexibility index (Phi) is 2.37. The summed E-state index contributed by atoms with van der Waals surface area (Å²) in [5, 5.41) is 9.55. The molecule has 1 unspecified atom stereocenters. The predicted octanol–water partition coefficient (Wildman–Crippen LogP) is 1.38. The van der Waals surface area contributed by atoms with E-state index in [1.807, 2.05) is 0 Å². The van der Waals surface area contributed by atoms with E-state index in [4.69, 9.17) is 0 Å². The minimum absolute atomic E-state index is 0.00407. The van der Waals surface area contributed by atoms with Crippen LogP contribution in [-0.2, 0) is 0 Å². The van der Waals surface area contributed by atoms with Gasteiger partial charge in [0.1, 0.15) is 0 Å². The van der Waals surface area contributed by atoms with Gasteiger partial charge in [-0.15, -0.1) is 0 Å². The Bertz CT molecular complexity index is 146. The van der Waals surface area contributed by atoms with Crippen molar-refractivity contribution in [1.82, 2.24) is 4.90 Å². The second-order valence-corrected chi connectivity index (χ2v) is 4.25. The third kappa shape index (κ3) is 1.38. The maximum atomic E-state index is 9.55. The summed E-state index contributed by atoms with van der Waals surface area (Å²) >= 11 is 0. The molecule has 70 valence electrons. The third-order valence-corrected chi connectivity index (χ3v) is 3.34. The van der Waals surface area contributed by atoms with E-state index in [1.165, 1.54) is 25.8 Å². The first-order chi connectivity index (χ1) is 5.81. The van der Waals surface area contributed by atoms with Crippen molar-refractivity contribution in [1.29, 1.82) is 0 Å². The van der Waals surface area contributed by atoms with E-state index in [9.17, 15) is 5.11 Å². The highest BCUT2D eigenvalue weighted by Gasteiger charge is 2.39. The Morgan fingerprint density at radius 1 is 1.25 bits per heavy atom. The van der Waals surface area contributed by atoms with Crippen LogP contribution in [0.25, 0.3) is 0 Å². The molecule has 1 N–H and O–H groups in total. The lowest BCUT2D eigenvalue weighted by molar-refractivity contribution is 0.0356.